The Bertz CT molecular complexity index is 1210. The van der Waals surface area contributed by atoms with Crippen molar-refractivity contribution in [1.82, 2.24) is 4.83 Å². The van der Waals surface area contributed by atoms with Crippen LogP contribution in [0.3, 0.4) is 0 Å². The number of furan rings is 1. The van der Waals surface area contributed by atoms with Gasteiger partial charge >= 0.3 is 0 Å². The molecule has 32 heavy (non-hydrogen) atoms. The van der Waals surface area contributed by atoms with Crippen molar-refractivity contribution in [1.29, 1.82) is 0 Å². The lowest BCUT2D eigenvalue weighted by Gasteiger charge is -2.09. The van der Waals surface area contributed by atoms with Crippen molar-refractivity contribution in [2.75, 3.05) is 5.32 Å². The zero-order valence-electron chi connectivity index (χ0n) is 18.5. The van der Waals surface area contributed by atoms with E-state index in [0.29, 0.717) is 28.6 Å². The number of anilines is 1. The molecule has 2 aromatic carbocycles. The minimum atomic E-state index is -3.77. The van der Waals surface area contributed by atoms with Gasteiger partial charge in [-0.05, 0) is 67.6 Å². The minimum Gasteiger partial charge on any atom is -0.469 e. The van der Waals surface area contributed by atoms with Crippen LogP contribution in [0.5, 0.6) is 0 Å². The Morgan fingerprint density at radius 3 is 2.25 bits per heavy atom. The number of carbonyl (C=O) groups is 1. The molecule has 0 radical (unpaired) electrons. The lowest BCUT2D eigenvalue weighted by atomic mass is 10.0. The van der Waals surface area contributed by atoms with E-state index in [9.17, 15) is 13.2 Å². The number of amides is 1. The van der Waals surface area contributed by atoms with E-state index < -0.39 is 10.0 Å². The first-order chi connectivity index (χ1) is 15.2. The van der Waals surface area contributed by atoms with Crippen LogP contribution in [0, 0.1) is 12.8 Å². The SMILES string of the molecule is C/C(=N/NS(=O)(=O)c1ccc(CC(C)C)cc1)c1ccc(NC(=O)c2ccoc2C)cc1. The van der Waals surface area contributed by atoms with Gasteiger partial charge in [0, 0.05) is 5.69 Å². The molecule has 0 aliphatic carbocycles. The fraction of sp³-hybridized carbons (Fsp3) is 0.250. The Hall–Kier alpha value is -3.39. The fourth-order valence-electron chi connectivity index (χ4n) is 3.14. The predicted molar refractivity (Wildman–Crippen MR) is 125 cm³/mol. The van der Waals surface area contributed by atoms with E-state index in [0.717, 1.165) is 17.5 Å². The number of carbonyl (C=O) groups excluding carboxylic acids is 1. The summed E-state index contributed by atoms with van der Waals surface area (Å²) in [5.74, 6) is 0.780. The average Bonchev–Trinajstić information content (AvgIpc) is 3.18. The molecule has 1 amide bonds. The molecule has 0 aliphatic rings. The number of rotatable bonds is 8. The molecule has 0 aliphatic heterocycles. The molecule has 1 heterocycles. The van der Waals surface area contributed by atoms with Crippen LogP contribution in [0.2, 0.25) is 0 Å². The van der Waals surface area contributed by atoms with Crippen molar-refractivity contribution in [3.8, 4) is 0 Å². The van der Waals surface area contributed by atoms with Gasteiger partial charge in [0.15, 0.2) is 0 Å². The van der Waals surface area contributed by atoms with Crippen molar-refractivity contribution in [2.45, 2.75) is 39.0 Å². The van der Waals surface area contributed by atoms with E-state index in [1.165, 1.54) is 6.26 Å². The second-order valence-electron chi connectivity index (χ2n) is 7.96. The van der Waals surface area contributed by atoms with E-state index in [1.54, 1.807) is 56.3 Å². The Balaban J connectivity index is 1.65. The van der Waals surface area contributed by atoms with Gasteiger partial charge in [-0.2, -0.15) is 18.4 Å². The Morgan fingerprint density at radius 1 is 1.03 bits per heavy atom. The van der Waals surface area contributed by atoms with Crippen LogP contribution in [0.15, 0.2) is 75.3 Å². The standard InChI is InChI=1S/C24H27N3O4S/c1-16(2)15-19-5-11-22(12-6-19)32(29,30)27-26-17(3)20-7-9-21(10-8-20)25-24(28)23-13-14-31-18(23)4/h5-14,16,27H,15H2,1-4H3,(H,25,28)/b26-17-. The van der Waals surface area contributed by atoms with Crippen molar-refractivity contribution in [3.63, 3.8) is 0 Å². The molecule has 1 aromatic heterocycles. The van der Waals surface area contributed by atoms with Gasteiger partial charge in [-0.25, -0.2) is 0 Å². The second kappa shape index (κ2) is 9.82. The number of hydrogen-bond donors (Lipinski definition) is 2. The molecule has 0 unspecified atom stereocenters. The zero-order valence-corrected chi connectivity index (χ0v) is 19.4. The summed E-state index contributed by atoms with van der Waals surface area (Å²) in [6.07, 6.45) is 2.36. The van der Waals surface area contributed by atoms with Crippen LogP contribution < -0.4 is 10.1 Å². The van der Waals surface area contributed by atoms with Crippen molar-refractivity contribution >= 4 is 27.3 Å². The normalized spacial score (nSPS) is 12.1. The number of hydrogen-bond acceptors (Lipinski definition) is 5. The molecule has 3 rings (SSSR count). The van der Waals surface area contributed by atoms with Gasteiger partial charge < -0.3 is 9.73 Å². The first kappa shape index (κ1) is 23.3. The fourth-order valence-corrected chi connectivity index (χ4v) is 3.99. The third-order valence-corrected chi connectivity index (χ3v) is 6.10. The van der Waals surface area contributed by atoms with Crippen LogP contribution in [-0.2, 0) is 16.4 Å². The second-order valence-corrected chi connectivity index (χ2v) is 9.62. The van der Waals surface area contributed by atoms with E-state index >= 15 is 0 Å². The topological polar surface area (TPSA) is 101 Å². The van der Waals surface area contributed by atoms with Gasteiger partial charge in [-0.15, -0.1) is 0 Å². The van der Waals surface area contributed by atoms with Gasteiger partial charge in [0.2, 0.25) is 0 Å². The van der Waals surface area contributed by atoms with Crippen molar-refractivity contribution in [2.24, 2.45) is 11.0 Å². The molecule has 0 saturated carbocycles. The highest BCUT2D eigenvalue weighted by molar-refractivity contribution is 7.89. The van der Waals surface area contributed by atoms with Crippen molar-refractivity contribution < 1.29 is 17.6 Å². The maximum absolute atomic E-state index is 12.5. The molecule has 0 atom stereocenters. The molecular formula is C24H27N3O4S. The van der Waals surface area contributed by atoms with Crippen LogP contribution in [0.4, 0.5) is 5.69 Å². The molecule has 0 saturated heterocycles. The molecule has 3 aromatic rings. The van der Waals surface area contributed by atoms with Gasteiger partial charge in [-0.1, -0.05) is 38.1 Å². The first-order valence-electron chi connectivity index (χ1n) is 10.3. The van der Waals surface area contributed by atoms with E-state index in [4.69, 9.17) is 4.42 Å². The van der Waals surface area contributed by atoms with E-state index in [2.05, 4.69) is 29.1 Å². The summed E-state index contributed by atoms with van der Waals surface area (Å²) in [7, 11) is -3.77. The molecule has 8 heteroatoms. The highest BCUT2D eigenvalue weighted by Crippen LogP contribution is 2.16. The van der Waals surface area contributed by atoms with E-state index in [1.807, 2.05) is 12.1 Å². The first-order valence-corrected chi connectivity index (χ1v) is 11.7. The summed E-state index contributed by atoms with van der Waals surface area (Å²) >= 11 is 0. The summed E-state index contributed by atoms with van der Waals surface area (Å²) in [4.78, 5) is 14.7. The summed E-state index contributed by atoms with van der Waals surface area (Å²) in [6.45, 7) is 7.66. The van der Waals surface area contributed by atoms with Gasteiger partial charge in [0.05, 0.1) is 22.4 Å². The van der Waals surface area contributed by atoms with Crippen LogP contribution in [0.25, 0.3) is 0 Å². The molecule has 168 valence electrons. The molecule has 7 nitrogen and oxygen atoms in total. The quantitative estimate of drug-likeness (QED) is 0.380. The Labute approximate surface area is 188 Å². The lowest BCUT2D eigenvalue weighted by Crippen LogP contribution is -2.20. The molecule has 0 fully saturated rings. The zero-order chi connectivity index (χ0) is 23.3. The summed E-state index contributed by atoms with van der Waals surface area (Å²) in [5, 5.41) is 6.83. The van der Waals surface area contributed by atoms with E-state index in [-0.39, 0.29) is 10.8 Å². The van der Waals surface area contributed by atoms with Crippen LogP contribution in [0.1, 0.15) is 48.0 Å². The average molecular weight is 454 g/mol. The van der Waals surface area contributed by atoms with Crippen molar-refractivity contribution in [3.05, 3.63) is 83.3 Å². The number of benzene rings is 2. The molecule has 0 bridgehead atoms. The maximum atomic E-state index is 12.5. The van der Waals surface area contributed by atoms with Gasteiger partial charge in [0.25, 0.3) is 15.9 Å². The third kappa shape index (κ3) is 5.85. The summed E-state index contributed by atoms with van der Waals surface area (Å²) < 4.78 is 30.2. The summed E-state index contributed by atoms with van der Waals surface area (Å²) in [5.41, 5.74) is 3.38. The maximum Gasteiger partial charge on any atom is 0.276 e. The third-order valence-electron chi connectivity index (χ3n) is 4.88. The highest BCUT2D eigenvalue weighted by atomic mass is 32.2. The Kier molecular flexibility index (Phi) is 7.15. The largest absolute Gasteiger partial charge is 0.469 e. The predicted octanol–water partition coefficient (Wildman–Crippen LogP) is 4.74. The lowest BCUT2D eigenvalue weighted by molar-refractivity contribution is 0.102. The van der Waals surface area contributed by atoms with Crippen LogP contribution in [-0.4, -0.2) is 20.0 Å². The van der Waals surface area contributed by atoms with Crippen LogP contribution >= 0.6 is 0 Å². The number of hydrazone groups is 1. The smallest absolute Gasteiger partial charge is 0.276 e. The molecule has 2 N–H and O–H groups in total. The Morgan fingerprint density at radius 2 is 1.69 bits per heavy atom. The minimum absolute atomic E-state index is 0.161. The summed E-state index contributed by atoms with van der Waals surface area (Å²) in [6, 6.07) is 15.4. The molecular weight excluding hydrogens is 426 g/mol. The van der Waals surface area contributed by atoms with Gasteiger partial charge in [0.1, 0.15) is 5.76 Å². The number of nitrogens with zero attached hydrogens (tertiary/aromatic N) is 1. The molecule has 0 spiro atoms. The number of sulfonamides is 1. The monoisotopic (exact) mass is 453 g/mol. The number of nitrogens with one attached hydrogen (secondary N) is 2. The highest BCUT2D eigenvalue weighted by Gasteiger charge is 2.14. The number of aryl methyl sites for hydroxylation is 1. The van der Waals surface area contributed by atoms with Gasteiger partial charge in [-0.3, -0.25) is 4.79 Å².